The molecule has 2 fully saturated rings. The van der Waals surface area contributed by atoms with E-state index in [1.54, 1.807) is 19.2 Å². The summed E-state index contributed by atoms with van der Waals surface area (Å²) in [7, 11) is 1.65. The average molecular weight is 457 g/mol. The van der Waals surface area contributed by atoms with Gasteiger partial charge >= 0.3 is 0 Å². The van der Waals surface area contributed by atoms with Crippen molar-refractivity contribution in [2.45, 2.75) is 50.4 Å². The summed E-state index contributed by atoms with van der Waals surface area (Å²) < 4.78 is 14.0. The van der Waals surface area contributed by atoms with Crippen molar-refractivity contribution in [1.29, 1.82) is 0 Å². The maximum Gasteiger partial charge on any atom is 0.251 e. The predicted octanol–water partition coefficient (Wildman–Crippen LogP) is 6.08. The van der Waals surface area contributed by atoms with Crippen LogP contribution in [0, 0.1) is 17.7 Å². The van der Waals surface area contributed by atoms with Gasteiger partial charge in [-0.3, -0.25) is 9.78 Å². The number of rotatable bonds is 5. The molecule has 4 aromatic rings. The Morgan fingerprint density at radius 2 is 1.76 bits per heavy atom. The second-order valence-corrected chi connectivity index (χ2v) is 9.97. The van der Waals surface area contributed by atoms with E-state index in [4.69, 9.17) is 4.98 Å². The molecule has 0 saturated heterocycles. The van der Waals surface area contributed by atoms with E-state index < -0.39 is 0 Å². The highest BCUT2D eigenvalue weighted by Crippen LogP contribution is 2.51. The molecule has 0 bridgehead atoms. The van der Waals surface area contributed by atoms with Crippen LogP contribution in [0.1, 0.15) is 72.1 Å². The monoisotopic (exact) mass is 456 g/mol. The van der Waals surface area contributed by atoms with Crippen LogP contribution in [0.15, 0.2) is 48.7 Å². The standard InChI is InChI=1S/C28H29FN4O/c1-30-28(34)19-8-10-24-25(14-19)33-27(32-24)26(18-6-7-18)17-4-2-16(3-5-17)21-12-13-31-23-11-9-20(29)15-22(21)23/h8-18,26H,2-7H2,1H3,(H,30,34)(H,32,33)/t16-,17+,26-/m0/s1. The minimum atomic E-state index is -0.200. The van der Waals surface area contributed by atoms with Gasteiger partial charge in [-0.1, -0.05) is 0 Å². The van der Waals surface area contributed by atoms with Crippen LogP contribution in [0.5, 0.6) is 0 Å². The molecule has 6 heteroatoms. The Labute approximate surface area is 198 Å². The first-order valence-corrected chi connectivity index (χ1v) is 12.4. The van der Waals surface area contributed by atoms with Crippen LogP contribution < -0.4 is 5.32 Å². The number of hydrogen-bond donors (Lipinski definition) is 2. The summed E-state index contributed by atoms with van der Waals surface area (Å²) in [4.78, 5) is 25.0. The fourth-order valence-electron chi connectivity index (χ4n) is 6.04. The van der Waals surface area contributed by atoms with Crippen molar-refractivity contribution in [3.63, 3.8) is 0 Å². The number of pyridine rings is 1. The Kier molecular flexibility index (Phi) is 5.31. The van der Waals surface area contributed by atoms with E-state index in [1.165, 1.54) is 24.5 Å². The summed E-state index contributed by atoms with van der Waals surface area (Å²) in [5.74, 6) is 2.94. The molecule has 2 aliphatic rings. The molecule has 0 aliphatic heterocycles. The summed E-state index contributed by atoms with van der Waals surface area (Å²) in [5, 5.41) is 3.64. The fraction of sp³-hybridized carbons (Fsp3) is 0.393. The van der Waals surface area contributed by atoms with Crippen LogP contribution >= 0.6 is 0 Å². The van der Waals surface area contributed by atoms with Crippen molar-refractivity contribution >= 4 is 27.8 Å². The first-order valence-electron chi connectivity index (χ1n) is 12.4. The van der Waals surface area contributed by atoms with Gasteiger partial charge in [0.05, 0.1) is 16.6 Å². The first-order chi connectivity index (χ1) is 16.6. The zero-order valence-corrected chi connectivity index (χ0v) is 19.4. The zero-order valence-electron chi connectivity index (χ0n) is 19.4. The molecule has 174 valence electrons. The molecular weight excluding hydrogens is 427 g/mol. The molecule has 0 spiro atoms. The molecule has 34 heavy (non-hydrogen) atoms. The number of H-pyrrole nitrogens is 1. The Morgan fingerprint density at radius 3 is 2.50 bits per heavy atom. The number of imidazole rings is 1. The molecule has 2 heterocycles. The number of amides is 1. The number of carbonyl (C=O) groups is 1. The summed E-state index contributed by atoms with van der Waals surface area (Å²) >= 11 is 0. The van der Waals surface area contributed by atoms with Crippen molar-refractivity contribution in [2.75, 3.05) is 7.05 Å². The van der Waals surface area contributed by atoms with E-state index in [0.29, 0.717) is 29.2 Å². The Hall–Kier alpha value is -3.28. The number of aromatic amines is 1. The van der Waals surface area contributed by atoms with Gasteiger partial charge in [-0.2, -0.15) is 0 Å². The minimum Gasteiger partial charge on any atom is -0.355 e. The van der Waals surface area contributed by atoms with Crippen LogP contribution in [-0.4, -0.2) is 27.9 Å². The van der Waals surface area contributed by atoms with E-state index in [2.05, 4.69) is 21.4 Å². The molecule has 5 nitrogen and oxygen atoms in total. The maximum atomic E-state index is 14.0. The van der Waals surface area contributed by atoms with E-state index in [9.17, 15) is 9.18 Å². The number of benzene rings is 2. The van der Waals surface area contributed by atoms with Crippen LogP contribution in [0.2, 0.25) is 0 Å². The smallest absolute Gasteiger partial charge is 0.251 e. The Balaban J connectivity index is 1.24. The quantitative estimate of drug-likeness (QED) is 0.382. The summed E-state index contributed by atoms with van der Waals surface area (Å²) in [5.41, 5.74) is 4.59. The van der Waals surface area contributed by atoms with E-state index in [1.807, 2.05) is 24.4 Å². The predicted molar refractivity (Wildman–Crippen MR) is 131 cm³/mol. The number of fused-ring (bicyclic) bond motifs is 2. The number of carbonyl (C=O) groups excluding carboxylic acids is 1. The number of aromatic nitrogens is 3. The lowest BCUT2D eigenvalue weighted by Gasteiger charge is -2.34. The van der Waals surface area contributed by atoms with Crippen LogP contribution in [-0.2, 0) is 0 Å². The lowest BCUT2D eigenvalue weighted by molar-refractivity contribution is 0.0963. The van der Waals surface area contributed by atoms with E-state index >= 15 is 0 Å². The van der Waals surface area contributed by atoms with E-state index in [0.717, 1.165) is 53.4 Å². The molecular formula is C28H29FN4O. The maximum absolute atomic E-state index is 14.0. The van der Waals surface area contributed by atoms with Crippen molar-refractivity contribution in [2.24, 2.45) is 11.8 Å². The fourth-order valence-corrected chi connectivity index (χ4v) is 6.04. The van der Waals surface area contributed by atoms with Crippen molar-refractivity contribution in [3.05, 3.63) is 71.4 Å². The lowest BCUT2D eigenvalue weighted by Crippen LogP contribution is -2.22. The highest BCUT2D eigenvalue weighted by Gasteiger charge is 2.41. The van der Waals surface area contributed by atoms with Gasteiger partial charge < -0.3 is 10.3 Å². The van der Waals surface area contributed by atoms with E-state index in [-0.39, 0.29) is 11.7 Å². The largest absolute Gasteiger partial charge is 0.355 e. The number of nitrogens with zero attached hydrogens (tertiary/aromatic N) is 2. The van der Waals surface area contributed by atoms with Gasteiger partial charge in [-0.15, -0.1) is 0 Å². The molecule has 1 amide bonds. The normalized spacial score (nSPS) is 21.6. The number of nitrogens with one attached hydrogen (secondary N) is 2. The van der Waals surface area contributed by atoms with Crippen molar-refractivity contribution in [3.8, 4) is 0 Å². The van der Waals surface area contributed by atoms with Crippen LogP contribution in [0.25, 0.3) is 21.9 Å². The third kappa shape index (κ3) is 3.85. The van der Waals surface area contributed by atoms with Gasteiger partial charge in [0, 0.05) is 30.1 Å². The summed E-state index contributed by atoms with van der Waals surface area (Å²) in [6, 6.07) is 12.7. The highest BCUT2D eigenvalue weighted by atomic mass is 19.1. The minimum absolute atomic E-state index is 0.0907. The van der Waals surface area contributed by atoms with Crippen LogP contribution in [0.3, 0.4) is 0 Å². The van der Waals surface area contributed by atoms with Gasteiger partial charge in [0.25, 0.3) is 5.91 Å². The average Bonchev–Trinajstić information content (AvgIpc) is 3.61. The molecule has 1 atom stereocenters. The molecule has 0 unspecified atom stereocenters. The van der Waals surface area contributed by atoms with Gasteiger partial charge in [-0.25, -0.2) is 9.37 Å². The zero-order chi connectivity index (χ0) is 23.2. The number of hydrogen-bond acceptors (Lipinski definition) is 3. The molecule has 2 saturated carbocycles. The summed E-state index contributed by atoms with van der Waals surface area (Å²) in [6.07, 6.45) is 8.88. The first kappa shape index (κ1) is 21.3. The molecule has 0 radical (unpaired) electrons. The molecule has 2 aromatic carbocycles. The molecule has 6 rings (SSSR count). The third-order valence-corrected chi connectivity index (χ3v) is 7.89. The van der Waals surface area contributed by atoms with Gasteiger partial charge in [-0.05, 0) is 104 Å². The molecule has 2 aromatic heterocycles. The highest BCUT2D eigenvalue weighted by molar-refractivity contribution is 5.97. The van der Waals surface area contributed by atoms with Crippen molar-refractivity contribution < 1.29 is 9.18 Å². The second-order valence-electron chi connectivity index (χ2n) is 9.97. The number of halogens is 1. The molecule has 2 N–H and O–H groups in total. The summed E-state index contributed by atoms with van der Waals surface area (Å²) in [6.45, 7) is 0. The van der Waals surface area contributed by atoms with Crippen molar-refractivity contribution in [1.82, 2.24) is 20.3 Å². The van der Waals surface area contributed by atoms with Gasteiger partial charge in [0.1, 0.15) is 11.6 Å². The van der Waals surface area contributed by atoms with Gasteiger partial charge in [0.2, 0.25) is 0 Å². The van der Waals surface area contributed by atoms with Crippen LogP contribution in [0.4, 0.5) is 4.39 Å². The topological polar surface area (TPSA) is 70.7 Å². The Morgan fingerprint density at radius 1 is 1.00 bits per heavy atom. The second kappa shape index (κ2) is 8.49. The third-order valence-electron chi connectivity index (χ3n) is 7.89. The molecule has 2 aliphatic carbocycles. The SMILES string of the molecule is CNC(=O)c1ccc2[nH]c([C@H](C3CC3)[C@H]3CC[C@@H](c4ccnc5ccc(F)cc54)CC3)nc2c1. The Bertz CT molecular complexity index is 1370. The van der Waals surface area contributed by atoms with Gasteiger partial charge in [0.15, 0.2) is 0 Å². The lowest BCUT2D eigenvalue weighted by atomic mass is 9.72.